The molecule has 6 nitrogen and oxygen atoms in total. The number of ketones is 1. The first-order valence-corrected chi connectivity index (χ1v) is 6.98. The van der Waals surface area contributed by atoms with E-state index in [1.165, 1.54) is 9.80 Å². The van der Waals surface area contributed by atoms with Crippen LogP contribution in [0.15, 0.2) is 12.2 Å². The first kappa shape index (κ1) is 19.3. The molecule has 0 saturated carbocycles. The normalized spacial score (nSPS) is 11.2. The molecule has 0 aromatic heterocycles. The zero-order valence-electron chi connectivity index (χ0n) is 13.9. The molecule has 0 fully saturated rings. The summed E-state index contributed by atoms with van der Waals surface area (Å²) < 4.78 is 0. The Labute approximate surface area is 127 Å². The van der Waals surface area contributed by atoms with Crippen LogP contribution in [0.5, 0.6) is 0 Å². The molecule has 0 aromatic rings. The summed E-state index contributed by atoms with van der Waals surface area (Å²) in [6.45, 7) is 4.48. The number of likely N-dealkylation sites (N-methyl/N-ethyl adjacent to an activating group) is 3. The molecule has 120 valence electrons. The maximum absolute atomic E-state index is 11.9. The van der Waals surface area contributed by atoms with Crippen LogP contribution in [0, 0.1) is 5.92 Å². The second kappa shape index (κ2) is 9.28. The molecule has 0 bridgehead atoms. The SMILES string of the molecule is CC(C)C(=O)/C=C/CN(C)CC(=O)N(C)CC(=O)N(C)C. The zero-order chi connectivity index (χ0) is 16.6. The number of allylic oxidation sites excluding steroid dienone is 1. The van der Waals surface area contributed by atoms with Crippen molar-refractivity contribution in [1.82, 2.24) is 14.7 Å². The van der Waals surface area contributed by atoms with Crippen molar-refractivity contribution in [2.75, 3.05) is 47.8 Å². The molecule has 0 spiro atoms. The van der Waals surface area contributed by atoms with Gasteiger partial charge in [0.25, 0.3) is 0 Å². The summed E-state index contributed by atoms with van der Waals surface area (Å²) in [6.07, 6.45) is 3.30. The van der Waals surface area contributed by atoms with Gasteiger partial charge in [0.15, 0.2) is 5.78 Å². The van der Waals surface area contributed by atoms with Crippen molar-refractivity contribution < 1.29 is 14.4 Å². The monoisotopic (exact) mass is 297 g/mol. The lowest BCUT2D eigenvalue weighted by atomic mass is 10.1. The molecule has 0 aliphatic rings. The van der Waals surface area contributed by atoms with E-state index in [9.17, 15) is 14.4 Å². The highest BCUT2D eigenvalue weighted by molar-refractivity contribution is 5.91. The van der Waals surface area contributed by atoms with E-state index in [2.05, 4.69) is 0 Å². The van der Waals surface area contributed by atoms with Crippen LogP contribution >= 0.6 is 0 Å². The van der Waals surface area contributed by atoms with Gasteiger partial charge in [-0.05, 0) is 13.1 Å². The van der Waals surface area contributed by atoms with Crippen molar-refractivity contribution in [3.63, 3.8) is 0 Å². The highest BCUT2D eigenvalue weighted by Crippen LogP contribution is 1.96. The molecule has 0 aromatic carbocycles. The molecule has 0 radical (unpaired) electrons. The second-order valence-corrected chi connectivity index (χ2v) is 5.69. The van der Waals surface area contributed by atoms with Gasteiger partial charge in [0.1, 0.15) is 0 Å². The Balaban J connectivity index is 4.20. The van der Waals surface area contributed by atoms with Crippen LogP contribution in [0.4, 0.5) is 0 Å². The Kier molecular flexibility index (Phi) is 8.54. The minimum absolute atomic E-state index is 0.0173. The standard InChI is InChI=1S/C15H27N3O3/c1-12(2)13(19)8-7-9-17(5)10-15(21)18(6)11-14(20)16(3)4/h7-8,12H,9-11H2,1-6H3/b8-7+. The van der Waals surface area contributed by atoms with Crippen molar-refractivity contribution in [2.45, 2.75) is 13.8 Å². The third kappa shape index (κ3) is 8.24. The third-order valence-electron chi connectivity index (χ3n) is 2.97. The Morgan fingerprint density at radius 2 is 1.52 bits per heavy atom. The Hall–Kier alpha value is -1.69. The lowest BCUT2D eigenvalue weighted by Gasteiger charge is -2.22. The van der Waals surface area contributed by atoms with Gasteiger partial charge >= 0.3 is 0 Å². The van der Waals surface area contributed by atoms with E-state index in [4.69, 9.17) is 0 Å². The van der Waals surface area contributed by atoms with Crippen molar-refractivity contribution in [3.05, 3.63) is 12.2 Å². The first-order valence-electron chi connectivity index (χ1n) is 6.98. The summed E-state index contributed by atoms with van der Waals surface area (Å²) in [4.78, 5) is 39.5. The maximum atomic E-state index is 11.9. The molecular weight excluding hydrogens is 270 g/mol. The third-order valence-corrected chi connectivity index (χ3v) is 2.97. The predicted molar refractivity (Wildman–Crippen MR) is 82.8 cm³/mol. The average Bonchev–Trinajstić information content (AvgIpc) is 2.37. The number of hydrogen-bond acceptors (Lipinski definition) is 4. The molecule has 0 unspecified atom stereocenters. The fourth-order valence-corrected chi connectivity index (χ4v) is 1.39. The van der Waals surface area contributed by atoms with Crippen LogP contribution in [0.1, 0.15) is 13.8 Å². The number of carbonyl (C=O) groups excluding carboxylic acids is 3. The summed E-state index contributed by atoms with van der Waals surface area (Å²) in [7, 11) is 6.71. The van der Waals surface area contributed by atoms with Gasteiger partial charge in [-0.15, -0.1) is 0 Å². The molecule has 2 amide bonds. The van der Waals surface area contributed by atoms with E-state index in [0.717, 1.165) is 0 Å². The van der Waals surface area contributed by atoms with E-state index >= 15 is 0 Å². The molecule has 0 aliphatic heterocycles. The molecule has 0 atom stereocenters. The van der Waals surface area contributed by atoms with E-state index in [0.29, 0.717) is 6.54 Å². The van der Waals surface area contributed by atoms with E-state index in [1.54, 1.807) is 45.2 Å². The molecule has 0 heterocycles. The predicted octanol–water partition coefficient (Wildman–Crippen LogP) is 0.246. The Morgan fingerprint density at radius 3 is 2.00 bits per heavy atom. The van der Waals surface area contributed by atoms with Gasteiger partial charge in [-0.2, -0.15) is 0 Å². The minimum Gasteiger partial charge on any atom is -0.347 e. The molecule has 0 aliphatic carbocycles. The molecule has 6 heteroatoms. The van der Waals surface area contributed by atoms with Crippen LogP contribution in [0.25, 0.3) is 0 Å². The van der Waals surface area contributed by atoms with Gasteiger partial charge in [0.05, 0.1) is 13.1 Å². The van der Waals surface area contributed by atoms with Gasteiger partial charge in [-0.1, -0.05) is 19.9 Å². The number of nitrogens with zero attached hydrogens (tertiary/aromatic N) is 3. The van der Waals surface area contributed by atoms with Crippen molar-refractivity contribution in [3.8, 4) is 0 Å². The number of amides is 2. The van der Waals surface area contributed by atoms with E-state index in [1.807, 2.05) is 13.8 Å². The quantitative estimate of drug-likeness (QED) is 0.602. The molecule has 0 rings (SSSR count). The van der Waals surface area contributed by atoms with Crippen LogP contribution in [0.3, 0.4) is 0 Å². The van der Waals surface area contributed by atoms with Crippen molar-refractivity contribution >= 4 is 17.6 Å². The van der Waals surface area contributed by atoms with Crippen LogP contribution in [-0.4, -0.2) is 80.1 Å². The van der Waals surface area contributed by atoms with Crippen molar-refractivity contribution in [1.29, 1.82) is 0 Å². The van der Waals surface area contributed by atoms with Crippen molar-refractivity contribution in [2.24, 2.45) is 5.92 Å². The summed E-state index contributed by atoms with van der Waals surface area (Å²) in [5.74, 6) is -0.188. The minimum atomic E-state index is -0.128. The highest BCUT2D eigenvalue weighted by Gasteiger charge is 2.15. The average molecular weight is 297 g/mol. The van der Waals surface area contributed by atoms with E-state index < -0.39 is 0 Å². The summed E-state index contributed by atoms with van der Waals surface area (Å²) in [5.41, 5.74) is 0. The van der Waals surface area contributed by atoms with Gasteiger partial charge in [-0.3, -0.25) is 19.3 Å². The van der Waals surface area contributed by atoms with Crippen LogP contribution in [-0.2, 0) is 14.4 Å². The second-order valence-electron chi connectivity index (χ2n) is 5.69. The van der Waals surface area contributed by atoms with Crippen LogP contribution in [0.2, 0.25) is 0 Å². The lowest BCUT2D eigenvalue weighted by Crippen LogP contribution is -2.42. The smallest absolute Gasteiger partial charge is 0.241 e. The number of hydrogen-bond donors (Lipinski definition) is 0. The first-order chi connectivity index (χ1) is 9.65. The summed E-state index contributed by atoms with van der Waals surface area (Å²) in [5, 5.41) is 0. The molecular formula is C15H27N3O3. The fourth-order valence-electron chi connectivity index (χ4n) is 1.39. The topological polar surface area (TPSA) is 60.9 Å². The number of rotatable bonds is 8. The largest absolute Gasteiger partial charge is 0.347 e. The summed E-state index contributed by atoms with van der Waals surface area (Å²) in [6, 6.07) is 0. The molecule has 0 saturated heterocycles. The van der Waals surface area contributed by atoms with Gasteiger partial charge in [0.2, 0.25) is 11.8 Å². The van der Waals surface area contributed by atoms with Gasteiger partial charge in [-0.25, -0.2) is 0 Å². The maximum Gasteiger partial charge on any atom is 0.241 e. The molecule has 21 heavy (non-hydrogen) atoms. The Bertz CT molecular complexity index is 403. The lowest BCUT2D eigenvalue weighted by molar-refractivity contribution is -0.138. The Morgan fingerprint density at radius 1 is 0.952 bits per heavy atom. The highest BCUT2D eigenvalue weighted by atomic mass is 16.2. The van der Waals surface area contributed by atoms with Gasteiger partial charge < -0.3 is 9.80 Å². The number of carbonyl (C=O) groups is 3. The van der Waals surface area contributed by atoms with Gasteiger partial charge in [0, 0.05) is 33.6 Å². The van der Waals surface area contributed by atoms with E-state index in [-0.39, 0.29) is 36.6 Å². The molecule has 0 N–H and O–H groups in total. The fraction of sp³-hybridized carbons (Fsp3) is 0.667. The zero-order valence-corrected chi connectivity index (χ0v) is 13.9. The summed E-state index contributed by atoms with van der Waals surface area (Å²) >= 11 is 0. The van der Waals surface area contributed by atoms with Crippen LogP contribution < -0.4 is 0 Å².